The van der Waals surface area contributed by atoms with E-state index in [4.69, 9.17) is 25.4 Å². The maximum Gasteiger partial charge on any atom is 0.328 e. The van der Waals surface area contributed by atoms with E-state index in [1.54, 1.807) is 0 Å². The van der Waals surface area contributed by atoms with Crippen molar-refractivity contribution in [2.75, 3.05) is 32.9 Å². The van der Waals surface area contributed by atoms with Gasteiger partial charge in [0.1, 0.15) is 30.4 Å². The van der Waals surface area contributed by atoms with Crippen LogP contribution in [0, 0.1) is 0 Å². The van der Waals surface area contributed by atoms with Crippen LogP contribution in [-0.4, -0.2) is 131 Å². The minimum atomic E-state index is -1.51. The lowest BCUT2D eigenvalue weighted by Gasteiger charge is -2.42. The average Bonchev–Trinajstić information content (AvgIpc) is 2.90. The van der Waals surface area contributed by atoms with Crippen molar-refractivity contribution in [2.24, 2.45) is 5.73 Å². The number of carboxylic acid groups (broad SMARTS) is 1. The van der Waals surface area contributed by atoms with Gasteiger partial charge < -0.3 is 62.0 Å². The van der Waals surface area contributed by atoms with E-state index >= 15 is 0 Å². The van der Waals surface area contributed by atoms with Gasteiger partial charge in [0.15, 0.2) is 6.29 Å². The third-order valence-electron chi connectivity index (χ3n) is 5.91. The maximum absolute atomic E-state index is 12.0. The van der Waals surface area contributed by atoms with E-state index in [1.807, 2.05) is 5.32 Å². The summed E-state index contributed by atoms with van der Waals surface area (Å²) in [5.41, 5.74) is 5.67. The van der Waals surface area contributed by atoms with Gasteiger partial charge in [-0.25, -0.2) is 4.79 Å². The summed E-state index contributed by atoms with van der Waals surface area (Å²) in [6.45, 7) is -0.144. The number of carbonyl (C=O) groups is 5. The number of carboxylic acids is 1. The van der Waals surface area contributed by atoms with Crippen LogP contribution in [0.2, 0.25) is 0 Å². The second-order valence-electron chi connectivity index (χ2n) is 9.24. The monoisotopic (exact) mass is 579 g/mol. The number of nitrogens with one attached hydrogen (secondary N) is 4. The summed E-state index contributed by atoms with van der Waals surface area (Å²) in [4.78, 5) is 57.8. The third-order valence-corrected chi connectivity index (χ3v) is 5.91. The van der Waals surface area contributed by atoms with Crippen LogP contribution in [0.1, 0.15) is 39.0 Å². The topological polar surface area (TPSA) is 279 Å². The van der Waals surface area contributed by atoms with Crippen molar-refractivity contribution in [3.8, 4) is 0 Å². The predicted octanol–water partition coefficient (Wildman–Crippen LogP) is -4.98. The Kier molecular flexibility index (Phi) is 16.2. The molecule has 0 unspecified atom stereocenters. The highest BCUT2D eigenvalue weighted by atomic mass is 16.7. The Labute approximate surface area is 230 Å². The minimum absolute atomic E-state index is 0.215. The number of aliphatic hydroxyl groups excluding tert-OH is 4. The van der Waals surface area contributed by atoms with Crippen LogP contribution in [0.5, 0.6) is 0 Å². The summed E-state index contributed by atoms with van der Waals surface area (Å²) in [6, 6.07) is -3.74. The number of aliphatic carboxylic acids is 1. The van der Waals surface area contributed by atoms with Crippen LogP contribution in [0.3, 0.4) is 0 Å². The molecule has 17 heteroatoms. The Balaban J connectivity index is 2.23. The molecule has 0 aromatic carbocycles. The molecule has 7 atom stereocenters. The molecule has 11 N–H and O–H groups in total. The molecule has 1 rings (SSSR count). The summed E-state index contributed by atoms with van der Waals surface area (Å²) in [5.74, 6) is -3.98. The summed E-state index contributed by atoms with van der Waals surface area (Å²) < 4.78 is 11.1. The molecular weight excluding hydrogens is 538 g/mol. The summed E-state index contributed by atoms with van der Waals surface area (Å²) in [6.07, 6.45) is -2.58. The van der Waals surface area contributed by atoms with E-state index in [0.29, 0.717) is 25.8 Å². The van der Waals surface area contributed by atoms with E-state index < -0.39 is 92.1 Å². The standard InChI is InChI=1S/C23H41N5O12/c1-12(31)27-18-20(35)19(34)15(11-30)40-23(18)39-7-5-3-2-4-6-25-16(32)8-13(24)21(36)26-9-17(33)28-14(10-29)22(37)38/h13-15,18-20,23,29-30,34-35H,2-11,24H2,1H3,(H,25,32)(H,26,36)(H,27,31)(H,28,33)(H,37,38)/t13-,14-,15+,18+,19+,20+,23+/m0/s1. The average molecular weight is 580 g/mol. The summed E-state index contributed by atoms with van der Waals surface area (Å²) in [7, 11) is 0. The molecule has 1 heterocycles. The highest BCUT2D eigenvalue weighted by Crippen LogP contribution is 2.22. The van der Waals surface area contributed by atoms with E-state index in [0.717, 1.165) is 6.42 Å². The predicted molar refractivity (Wildman–Crippen MR) is 135 cm³/mol. The van der Waals surface area contributed by atoms with Crippen LogP contribution in [0.4, 0.5) is 0 Å². The minimum Gasteiger partial charge on any atom is -0.480 e. The Hall–Kier alpha value is -2.93. The van der Waals surface area contributed by atoms with Gasteiger partial charge in [-0.15, -0.1) is 0 Å². The molecule has 1 aliphatic rings. The number of nitrogens with two attached hydrogens (primary N) is 1. The van der Waals surface area contributed by atoms with Crippen LogP contribution in [-0.2, 0) is 33.4 Å². The Morgan fingerprint density at radius 3 is 2.25 bits per heavy atom. The molecular formula is C23H41N5O12. The molecule has 0 aromatic heterocycles. The first-order valence-corrected chi connectivity index (χ1v) is 12.8. The highest BCUT2D eigenvalue weighted by Gasteiger charge is 2.45. The number of unbranched alkanes of at least 4 members (excludes halogenated alkanes) is 3. The normalized spacial score (nSPS) is 23.9. The zero-order chi connectivity index (χ0) is 30.2. The fourth-order valence-electron chi connectivity index (χ4n) is 3.71. The number of carbonyl (C=O) groups excluding carboxylic acids is 4. The number of rotatable bonds is 18. The molecule has 17 nitrogen and oxygen atoms in total. The molecule has 40 heavy (non-hydrogen) atoms. The van der Waals surface area contributed by atoms with Gasteiger partial charge in [0.05, 0.1) is 32.2 Å². The molecule has 0 aromatic rings. The van der Waals surface area contributed by atoms with Crippen molar-refractivity contribution >= 4 is 29.6 Å². The zero-order valence-electron chi connectivity index (χ0n) is 22.3. The number of amides is 4. The van der Waals surface area contributed by atoms with Crippen molar-refractivity contribution < 1.29 is 59.0 Å². The van der Waals surface area contributed by atoms with Gasteiger partial charge >= 0.3 is 5.97 Å². The quantitative estimate of drug-likeness (QED) is 0.0682. The lowest BCUT2D eigenvalue weighted by Crippen LogP contribution is -2.64. The molecule has 1 fully saturated rings. The zero-order valence-corrected chi connectivity index (χ0v) is 22.3. The molecule has 230 valence electrons. The lowest BCUT2D eigenvalue weighted by atomic mass is 9.97. The van der Waals surface area contributed by atoms with Crippen LogP contribution in [0.15, 0.2) is 0 Å². The van der Waals surface area contributed by atoms with Crippen molar-refractivity contribution in [1.29, 1.82) is 0 Å². The van der Waals surface area contributed by atoms with Crippen molar-refractivity contribution in [2.45, 2.75) is 81.8 Å². The van der Waals surface area contributed by atoms with Gasteiger partial charge in [-0.2, -0.15) is 0 Å². The first kappa shape index (κ1) is 35.1. The number of aliphatic hydroxyl groups is 4. The first-order valence-electron chi connectivity index (χ1n) is 12.8. The third kappa shape index (κ3) is 12.5. The van der Waals surface area contributed by atoms with E-state index in [2.05, 4.69) is 16.0 Å². The van der Waals surface area contributed by atoms with E-state index in [1.165, 1.54) is 6.92 Å². The largest absolute Gasteiger partial charge is 0.480 e. The Bertz CT molecular complexity index is 847. The first-order chi connectivity index (χ1) is 18.9. The van der Waals surface area contributed by atoms with Gasteiger partial charge in [-0.1, -0.05) is 12.8 Å². The fraction of sp³-hybridized carbons (Fsp3) is 0.783. The molecule has 1 aliphatic heterocycles. The van der Waals surface area contributed by atoms with Crippen molar-refractivity contribution in [3.63, 3.8) is 0 Å². The lowest BCUT2D eigenvalue weighted by molar-refractivity contribution is -0.270. The van der Waals surface area contributed by atoms with Crippen LogP contribution >= 0.6 is 0 Å². The van der Waals surface area contributed by atoms with Crippen LogP contribution in [0.25, 0.3) is 0 Å². The van der Waals surface area contributed by atoms with Gasteiger partial charge in [-0.3, -0.25) is 19.2 Å². The summed E-state index contributed by atoms with van der Waals surface area (Å²) in [5, 5.41) is 56.5. The van der Waals surface area contributed by atoms with Crippen LogP contribution < -0.4 is 27.0 Å². The Morgan fingerprint density at radius 1 is 0.975 bits per heavy atom. The molecule has 0 aliphatic carbocycles. The summed E-state index contributed by atoms with van der Waals surface area (Å²) >= 11 is 0. The molecule has 1 saturated heterocycles. The van der Waals surface area contributed by atoms with Crippen molar-refractivity contribution in [1.82, 2.24) is 21.3 Å². The maximum atomic E-state index is 12.0. The number of hydrogen-bond donors (Lipinski definition) is 10. The fourth-order valence-corrected chi connectivity index (χ4v) is 3.71. The number of ether oxygens (including phenoxy) is 2. The number of hydrogen-bond acceptors (Lipinski definition) is 12. The van der Waals surface area contributed by atoms with Gasteiger partial charge in [-0.05, 0) is 12.8 Å². The second kappa shape index (κ2) is 18.4. The molecule has 0 radical (unpaired) electrons. The van der Waals surface area contributed by atoms with Gasteiger partial charge in [0.2, 0.25) is 23.6 Å². The Morgan fingerprint density at radius 2 is 1.65 bits per heavy atom. The molecule has 0 spiro atoms. The molecule has 4 amide bonds. The smallest absolute Gasteiger partial charge is 0.328 e. The van der Waals surface area contributed by atoms with E-state index in [9.17, 15) is 39.3 Å². The van der Waals surface area contributed by atoms with E-state index in [-0.39, 0.29) is 13.0 Å². The van der Waals surface area contributed by atoms with Crippen molar-refractivity contribution in [3.05, 3.63) is 0 Å². The molecule has 0 saturated carbocycles. The SMILES string of the molecule is CC(=O)N[C@H]1[C@H](OCCCCCCNC(=O)C[C@H](N)C(=O)NCC(=O)N[C@@H](CO)C(=O)O)O[C@H](CO)[C@@H](O)[C@@H]1O. The van der Waals surface area contributed by atoms with Gasteiger partial charge in [0, 0.05) is 20.1 Å². The highest BCUT2D eigenvalue weighted by molar-refractivity contribution is 5.91. The van der Waals surface area contributed by atoms with Gasteiger partial charge in [0.25, 0.3) is 0 Å². The second-order valence-corrected chi connectivity index (χ2v) is 9.24. The molecule has 0 bridgehead atoms.